The highest BCUT2D eigenvalue weighted by Crippen LogP contribution is 2.17. The molecule has 66 valence electrons. The number of benzene rings is 1. The van der Waals surface area contributed by atoms with Crippen LogP contribution in [0.4, 0.5) is 5.69 Å². The van der Waals surface area contributed by atoms with E-state index in [0.717, 1.165) is 5.69 Å². The molecule has 0 radical (unpaired) electrons. The van der Waals surface area contributed by atoms with Gasteiger partial charge in [-0.3, -0.25) is 0 Å². The van der Waals surface area contributed by atoms with E-state index in [0.29, 0.717) is 5.56 Å². The maximum Gasteiger partial charge on any atom is 0.170 e. The van der Waals surface area contributed by atoms with Gasteiger partial charge in [0.15, 0.2) is 5.11 Å². The number of thiocarbonyl (C=S) groups is 1. The van der Waals surface area contributed by atoms with E-state index < -0.39 is 0 Å². The molecule has 2 N–H and O–H groups in total. The fourth-order valence-corrected chi connectivity index (χ4v) is 1.08. The van der Waals surface area contributed by atoms with Gasteiger partial charge < -0.3 is 10.6 Å². The molecule has 0 saturated heterocycles. The zero-order chi connectivity index (χ0) is 9.84. The highest BCUT2D eigenvalue weighted by molar-refractivity contribution is 7.80. The molecular formula is C9H9N3S. The summed E-state index contributed by atoms with van der Waals surface area (Å²) in [6.45, 7) is 0. The molecule has 3 nitrogen and oxygen atoms in total. The molecule has 0 aliphatic carbocycles. The molecule has 0 bridgehead atoms. The van der Waals surface area contributed by atoms with Crippen LogP contribution >= 0.6 is 12.2 Å². The first-order valence-electron chi connectivity index (χ1n) is 3.69. The Kier molecular flexibility index (Phi) is 2.83. The van der Waals surface area contributed by atoms with Crippen molar-refractivity contribution in [1.82, 2.24) is 0 Å². The van der Waals surface area contributed by atoms with E-state index in [9.17, 15) is 0 Å². The molecule has 1 aromatic carbocycles. The molecule has 0 aliphatic heterocycles. The zero-order valence-corrected chi connectivity index (χ0v) is 8.01. The van der Waals surface area contributed by atoms with Crippen LogP contribution in [-0.2, 0) is 0 Å². The maximum absolute atomic E-state index is 8.79. The molecule has 0 atom stereocenters. The average Bonchev–Trinajstić information content (AvgIpc) is 2.16. The van der Waals surface area contributed by atoms with Gasteiger partial charge in [-0.05, 0) is 24.4 Å². The summed E-state index contributed by atoms with van der Waals surface area (Å²) in [5.74, 6) is 0. The lowest BCUT2D eigenvalue weighted by Gasteiger charge is -2.17. The Balaban J connectivity index is 3.15. The summed E-state index contributed by atoms with van der Waals surface area (Å²) in [5.41, 5.74) is 6.74. The third-order valence-corrected chi connectivity index (χ3v) is 1.99. The summed E-state index contributed by atoms with van der Waals surface area (Å²) < 4.78 is 0. The standard InChI is InChI=1S/C9H9N3S/c1-12(9(11)13)8-5-3-2-4-7(8)6-10/h2-5H,1H3,(H2,11,13). The van der Waals surface area contributed by atoms with Gasteiger partial charge in [0.05, 0.1) is 11.3 Å². The summed E-state index contributed by atoms with van der Waals surface area (Å²) in [6, 6.07) is 9.24. The molecular weight excluding hydrogens is 182 g/mol. The molecule has 0 unspecified atom stereocenters. The molecule has 0 aliphatic rings. The predicted octanol–water partition coefficient (Wildman–Crippen LogP) is 1.24. The molecule has 0 saturated carbocycles. The third kappa shape index (κ3) is 1.95. The lowest BCUT2D eigenvalue weighted by Crippen LogP contribution is -2.31. The first-order valence-corrected chi connectivity index (χ1v) is 4.10. The number of nitrogens with two attached hydrogens (primary N) is 1. The van der Waals surface area contributed by atoms with Crippen LogP contribution in [0.2, 0.25) is 0 Å². The van der Waals surface area contributed by atoms with Crippen molar-refractivity contribution in [1.29, 1.82) is 5.26 Å². The van der Waals surface area contributed by atoms with Gasteiger partial charge in [0, 0.05) is 7.05 Å². The summed E-state index contributed by atoms with van der Waals surface area (Å²) in [6.07, 6.45) is 0. The van der Waals surface area contributed by atoms with E-state index in [-0.39, 0.29) is 5.11 Å². The van der Waals surface area contributed by atoms with E-state index in [1.54, 1.807) is 30.1 Å². The van der Waals surface area contributed by atoms with Gasteiger partial charge in [-0.25, -0.2) is 0 Å². The first kappa shape index (κ1) is 9.49. The Labute approximate surface area is 82.4 Å². The highest BCUT2D eigenvalue weighted by atomic mass is 32.1. The maximum atomic E-state index is 8.79. The molecule has 1 rings (SSSR count). The molecule has 0 spiro atoms. The van der Waals surface area contributed by atoms with Gasteiger partial charge in [-0.2, -0.15) is 5.26 Å². The minimum Gasteiger partial charge on any atom is -0.376 e. The fraction of sp³-hybridized carbons (Fsp3) is 0.111. The highest BCUT2D eigenvalue weighted by Gasteiger charge is 2.07. The SMILES string of the molecule is CN(C(N)=S)c1ccccc1C#N. The summed E-state index contributed by atoms with van der Waals surface area (Å²) in [7, 11) is 1.73. The molecule has 0 fully saturated rings. The summed E-state index contributed by atoms with van der Waals surface area (Å²) in [4.78, 5) is 1.61. The van der Waals surface area contributed by atoms with Crippen LogP contribution in [0, 0.1) is 11.3 Å². The Morgan fingerprint density at radius 3 is 2.69 bits per heavy atom. The van der Waals surface area contributed by atoms with Crippen molar-refractivity contribution in [3.63, 3.8) is 0 Å². The minimum atomic E-state index is 0.252. The first-order chi connectivity index (χ1) is 6.16. The normalized spacial score (nSPS) is 8.92. The Morgan fingerprint density at radius 1 is 1.54 bits per heavy atom. The van der Waals surface area contributed by atoms with Gasteiger partial charge in [-0.15, -0.1) is 0 Å². The topological polar surface area (TPSA) is 53.0 Å². The summed E-state index contributed by atoms with van der Waals surface area (Å²) >= 11 is 4.80. The van der Waals surface area contributed by atoms with Crippen molar-refractivity contribution in [3.8, 4) is 6.07 Å². The number of rotatable bonds is 1. The van der Waals surface area contributed by atoms with Gasteiger partial charge in [0.1, 0.15) is 6.07 Å². The Morgan fingerprint density at radius 2 is 2.15 bits per heavy atom. The quantitative estimate of drug-likeness (QED) is 0.678. The van der Waals surface area contributed by atoms with Crippen molar-refractivity contribution >= 4 is 23.0 Å². The molecule has 0 amide bonds. The fourth-order valence-electron chi connectivity index (χ4n) is 0.979. The molecule has 0 heterocycles. The second-order valence-electron chi connectivity index (χ2n) is 2.53. The van der Waals surface area contributed by atoms with Crippen LogP contribution in [0.15, 0.2) is 24.3 Å². The number of hydrogen-bond acceptors (Lipinski definition) is 2. The van der Waals surface area contributed by atoms with Crippen molar-refractivity contribution in [2.75, 3.05) is 11.9 Å². The number of hydrogen-bond donors (Lipinski definition) is 1. The number of para-hydroxylation sites is 1. The van der Waals surface area contributed by atoms with Gasteiger partial charge in [-0.1, -0.05) is 12.1 Å². The van der Waals surface area contributed by atoms with Gasteiger partial charge in [0.25, 0.3) is 0 Å². The molecule has 4 heteroatoms. The molecule has 13 heavy (non-hydrogen) atoms. The van der Waals surface area contributed by atoms with Crippen LogP contribution in [0.5, 0.6) is 0 Å². The minimum absolute atomic E-state index is 0.252. The van der Waals surface area contributed by atoms with Crippen molar-refractivity contribution in [2.24, 2.45) is 5.73 Å². The summed E-state index contributed by atoms with van der Waals surface area (Å²) in [5, 5.41) is 9.04. The van der Waals surface area contributed by atoms with Crippen molar-refractivity contribution in [3.05, 3.63) is 29.8 Å². The van der Waals surface area contributed by atoms with E-state index in [4.69, 9.17) is 23.2 Å². The van der Waals surface area contributed by atoms with Crippen LogP contribution in [-0.4, -0.2) is 12.2 Å². The average molecular weight is 191 g/mol. The van der Waals surface area contributed by atoms with Gasteiger partial charge in [0.2, 0.25) is 0 Å². The van der Waals surface area contributed by atoms with Crippen LogP contribution in [0.3, 0.4) is 0 Å². The lowest BCUT2D eigenvalue weighted by atomic mass is 10.2. The largest absolute Gasteiger partial charge is 0.376 e. The van der Waals surface area contributed by atoms with Crippen LogP contribution < -0.4 is 10.6 Å². The van der Waals surface area contributed by atoms with E-state index in [2.05, 4.69) is 6.07 Å². The number of nitrogens with zero attached hydrogens (tertiary/aromatic N) is 2. The van der Waals surface area contributed by atoms with Crippen LogP contribution in [0.25, 0.3) is 0 Å². The zero-order valence-electron chi connectivity index (χ0n) is 7.19. The van der Waals surface area contributed by atoms with E-state index in [1.807, 2.05) is 6.07 Å². The van der Waals surface area contributed by atoms with Crippen molar-refractivity contribution in [2.45, 2.75) is 0 Å². The smallest absolute Gasteiger partial charge is 0.170 e. The predicted molar refractivity (Wildman–Crippen MR) is 56.3 cm³/mol. The monoisotopic (exact) mass is 191 g/mol. The number of nitriles is 1. The van der Waals surface area contributed by atoms with E-state index >= 15 is 0 Å². The van der Waals surface area contributed by atoms with Crippen LogP contribution in [0.1, 0.15) is 5.56 Å². The van der Waals surface area contributed by atoms with Gasteiger partial charge >= 0.3 is 0 Å². The Bertz CT molecular complexity index is 367. The van der Waals surface area contributed by atoms with Crippen molar-refractivity contribution < 1.29 is 0 Å². The molecule has 1 aromatic rings. The third-order valence-electron chi connectivity index (χ3n) is 1.72. The van der Waals surface area contributed by atoms with E-state index in [1.165, 1.54) is 0 Å². The Hall–Kier alpha value is -1.60. The lowest BCUT2D eigenvalue weighted by molar-refractivity contribution is 1.25. The second kappa shape index (κ2) is 3.87. The molecule has 0 aromatic heterocycles. The number of anilines is 1. The second-order valence-corrected chi connectivity index (χ2v) is 2.94.